The molecule has 2 heterocycles. The first kappa shape index (κ1) is 11.8. The summed E-state index contributed by atoms with van der Waals surface area (Å²) >= 11 is 5.87. The van der Waals surface area contributed by atoms with Gasteiger partial charge in [0.15, 0.2) is 0 Å². The van der Waals surface area contributed by atoms with Crippen molar-refractivity contribution < 1.29 is 4.74 Å². The molecule has 3 nitrogen and oxygen atoms in total. The van der Waals surface area contributed by atoms with Gasteiger partial charge < -0.3 is 10.1 Å². The molecule has 0 saturated carbocycles. The third-order valence-corrected chi connectivity index (χ3v) is 3.10. The zero-order valence-electron chi connectivity index (χ0n) is 9.45. The van der Waals surface area contributed by atoms with Crippen molar-refractivity contribution in [3.63, 3.8) is 0 Å². The molecule has 1 fully saturated rings. The molecule has 1 aromatic heterocycles. The molecule has 88 valence electrons. The van der Waals surface area contributed by atoms with E-state index in [1.165, 1.54) is 12.0 Å². The Morgan fingerprint density at radius 2 is 2.50 bits per heavy atom. The summed E-state index contributed by atoms with van der Waals surface area (Å²) < 4.78 is 5.44. The first-order valence-corrected chi connectivity index (χ1v) is 6.09. The van der Waals surface area contributed by atoms with Crippen LogP contribution in [0.15, 0.2) is 18.3 Å². The Balaban J connectivity index is 1.94. The molecular weight excluding hydrogens is 224 g/mol. The van der Waals surface area contributed by atoms with Crippen molar-refractivity contribution in [3.05, 3.63) is 29.0 Å². The lowest BCUT2D eigenvalue weighted by Crippen LogP contribution is -2.38. The third-order valence-electron chi connectivity index (χ3n) is 2.90. The zero-order valence-corrected chi connectivity index (χ0v) is 10.2. The van der Waals surface area contributed by atoms with Gasteiger partial charge in [0.05, 0.1) is 6.61 Å². The van der Waals surface area contributed by atoms with Crippen LogP contribution in [0.2, 0.25) is 5.15 Å². The maximum atomic E-state index is 5.87. The van der Waals surface area contributed by atoms with E-state index in [1.807, 2.05) is 12.1 Å². The summed E-state index contributed by atoms with van der Waals surface area (Å²) in [4.78, 5) is 3.98. The van der Waals surface area contributed by atoms with Crippen LogP contribution in [0, 0.1) is 0 Å². The van der Waals surface area contributed by atoms with Crippen molar-refractivity contribution in [2.45, 2.75) is 31.8 Å². The fourth-order valence-corrected chi connectivity index (χ4v) is 2.19. The van der Waals surface area contributed by atoms with Crippen molar-refractivity contribution in [1.82, 2.24) is 10.3 Å². The van der Waals surface area contributed by atoms with Gasteiger partial charge in [-0.05, 0) is 37.5 Å². The number of ether oxygens (including phenoxy) is 1. The van der Waals surface area contributed by atoms with Crippen LogP contribution in [0.4, 0.5) is 0 Å². The minimum absolute atomic E-state index is 0.284. The Bertz CT molecular complexity index is 340. The van der Waals surface area contributed by atoms with Crippen LogP contribution in [-0.2, 0) is 4.74 Å². The van der Waals surface area contributed by atoms with Gasteiger partial charge in [0.25, 0.3) is 0 Å². The molecule has 0 aliphatic carbocycles. The molecular formula is C12H17ClN2O. The SMILES string of the molecule is CC(NC1CCCOC1)c1ccnc(Cl)c1. The molecule has 2 atom stereocenters. The molecule has 1 N–H and O–H groups in total. The van der Waals surface area contributed by atoms with Gasteiger partial charge in [-0.1, -0.05) is 11.6 Å². The van der Waals surface area contributed by atoms with Gasteiger partial charge in [0, 0.05) is 24.9 Å². The Kier molecular flexibility index (Phi) is 4.16. The quantitative estimate of drug-likeness (QED) is 0.825. The van der Waals surface area contributed by atoms with E-state index in [0.29, 0.717) is 11.2 Å². The van der Waals surface area contributed by atoms with Crippen molar-refractivity contribution in [2.75, 3.05) is 13.2 Å². The lowest BCUT2D eigenvalue weighted by Gasteiger charge is -2.26. The number of nitrogens with zero attached hydrogens (tertiary/aromatic N) is 1. The van der Waals surface area contributed by atoms with Gasteiger partial charge in [0.2, 0.25) is 0 Å². The minimum atomic E-state index is 0.284. The van der Waals surface area contributed by atoms with Crippen molar-refractivity contribution in [1.29, 1.82) is 0 Å². The van der Waals surface area contributed by atoms with Crippen LogP contribution in [0.25, 0.3) is 0 Å². The highest BCUT2D eigenvalue weighted by molar-refractivity contribution is 6.29. The van der Waals surface area contributed by atoms with E-state index in [0.717, 1.165) is 19.6 Å². The Hall–Kier alpha value is -0.640. The molecule has 0 bridgehead atoms. The Morgan fingerprint density at radius 1 is 1.62 bits per heavy atom. The zero-order chi connectivity index (χ0) is 11.4. The second-order valence-corrected chi connectivity index (χ2v) is 4.60. The summed E-state index contributed by atoms with van der Waals surface area (Å²) in [7, 11) is 0. The molecule has 1 aliphatic heterocycles. The summed E-state index contributed by atoms with van der Waals surface area (Å²) in [6, 6.07) is 4.64. The first-order chi connectivity index (χ1) is 7.75. The molecule has 1 aliphatic rings. The second-order valence-electron chi connectivity index (χ2n) is 4.21. The molecule has 1 aromatic rings. The highest BCUT2D eigenvalue weighted by Gasteiger charge is 2.16. The molecule has 2 rings (SSSR count). The van der Waals surface area contributed by atoms with Gasteiger partial charge in [-0.15, -0.1) is 0 Å². The smallest absolute Gasteiger partial charge is 0.129 e. The summed E-state index contributed by atoms with van der Waals surface area (Å²) in [6.45, 7) is 3.84. The van der Waals surface area contributed by atoms with Crippen LogP contribution in [0.1, 0.15) is 31.4 Å². The lowest BCUT2D eigenvalue weighted by molar-refractivity contribution is 0.0671. The van der Waals surface area contributed by atoms with Crippen molar-refractivity contribution in [3.8, 4) is 0 Å². The third kappa shape index (κ3) is 3.17. The largest absolute Gasteiger partial charge is 0.380 e. The monoisotopic (exact) mass is 240 g/mol. The molecule has 1 saturated heterocycles. The van der Waals surface area contributed by atoms with Gasteiger partial charge in [0.1, 0.15) is 5.15 Å². The van der Waals surface area contributed by atoms with E-state index in [1.54, 1.807) is 6.20 Å². The predicted octanol–water partition coefficient (Wildman–Crippen LogP) is 2.56. The number of rotatable bonds is 3. The van der Waals surface area contributed by atoms with E-state index < -0.39 is 0 Å². The van der Waals surface area contributed by atoms with E-state index >= 15 is 0 Å². The molecule has 0 amide bonds. The fourth-order valence-electron chi connectivity index (χ4n) is 2.01. The van der Waals surface area contributed by atoms with Gasteiger partial charge in [-0.3, -0.25) is 0 Å². The van der Waals surface area contributed by atoms with Crippen LogP contribution < -0.4 is 5.32 Å². The van der Waals surface area contributed by atoms with Gasteiger partial charge >= 0.3 is 0 Å². The number of halogens is 1. The highest BCUT2D eigenvalue weighted by atomic mass is 35.5. The van der Waals surface area contributed by atoms with Crippen LogP contribution >= 0.6 is 11.6 Å². The van der Waals surface area contributed by atoms with Crippen molar-refractivity contribution in [2.24, 2.45) is 0 Å². The van der Waals surface area contributed by atoms with Crippen molar-refractivity contribution >= 4 is 11.6 Å². The number of hydrogen-bond acceptors (Lipinski definition) is 3. The summed E-state index contributed by atoms with van der Waals surface area (Å²) in [6.07, 6.45) is 4.07. The average molecular weight is 241 g/mol. The van der Waals surface area contributed by atoms with Crippen LogP contribution in [0.5, 0.6) is 0 Å². The number of aromatic nitrogens is 1. The molecule has 4 heteroatoms. The summed E-state index contributed by atoms with van der Waals surface area (Å²) in [5, 5.41) is 4.10. The number of nitrogens with one attached hydrogen (secondary N) is 1. The maximum absolute atomic E-state index is 5.87. The number of pyridine rings is 1. The van der Waals surface area contributed by atoms with Gasteiger partial charge in [-0.25, -0.2) is 4.98 Å². The first-order valence-electron chi connectivity index (χ1n) is 5.71. The predicted molar refractivity (Wildman–Crippen MR) is 64.6 cm³/mol. The molecule has 16 heavy (non-hydrogen) atoms. The topological polar surface area (TPSA) is 34.1 Å². The fraction of sp³-hybridized carbons (Fsp3) is 0.583. The van der Waals surface area contributed by atoms with E-state index in [-0.39, 0.29) is 6.04 Å². The summed E-state index contributed by atoms with van der Waals surface area (Å²) in [5.74, 6) is 0. The highest BCUT2D eigenvalue weighted by Crippen LogP contribution is 2.17. The molecule has 0 spiro atoms. The van der Waals surface area contributed by atoms with Crippen LogP contribution in [0.3, 0.4) is 0 Å². The van der Waals surface area contributed by atoms with E-state index in [9.17, 15) is 0 Å². The standard InChI is InChI=1S/C12H17ClN2O/c1-9(10-4-5-14-12(13)7-10)15-11-3-2-6-16-8-11/h4-5,7,9,11,15H,2-3,6,8H2,1H3. The molecule has 2 unspecified atom stereocenters. The van der Waals surface area contributed by atoms with E-state index in [2.05, 4.69) is 17.2 Å². The minimum Gasteiger partial charge on any atom is -0.380 e. The van der Waals surface area contributed by atoms with E-state index in [4.69, 9.17) is 16.3 Å². The Morgan fingerprint density at radius 3 is 3.19 bits per heavy atom. The van der Waals surface area contributed by atoms with Crippen LogP contribution in [-0.4, -0.2) is 24.2 Å². The molecule has 0 radical (unpaired) electrons. The van der Waals surface area contributed by atoms with Gasteiger partial charge in [-0.2, -0.15) is 0 Å². The maximum Gasteiger partial charge on any atom is 0.129 e. The molecule has 0 aromatic carbocycles. The normalized spacial score (nSPS) is 23.0. The second kappa shape index (κ2) is 5.62. The number of hydrogen-bond donors (Lipinski definition) is 1. The average Bonchev–Trinajstić information content (AvgIpc) is 2.30. The lowest BCUT2D eigenvalue weighted by atomic mass is 10.1. The summed E-state index contributed by atoms with van der Waals surface area (Å²) in [5.41, 5.74) is 1.17. The Labute approximate surface area is 101 Å².